The van der Waals surface area contributed by atoms with Crippen molar-refractivity contribution >= 4 is 29.0 Å². The van der Waals surface area contributed by atoms with Crippen LogP contribution in [0.1, 0.15) is 35.8 Å². The average molecular weight is 397 g/mol. The molecule has 1 aliphatic heterocycles. The molecule has 144 valence electrons. The summed E-state index contributed by atoms with van der Waals surface area (Å²) in [4.78, 5) is 16.5. The lowest BCUT2D eigenvalue weighted by atomic mass is 10.1. The second kappa shape index (κ2) is 8.02. The summed E-state index contributed by atoms with van der Waals surface area (Å²) in [5, 5.41) is 14.0. The standard InChI is InChI=1S/C20H20FN5OS/c1-13-22-15(12-28-13)7-9-19(27)23-14-6-8-17(21)16(11-14)20-25-24-18-5-3-2-4-10-26(18)20/h6-9,11-12H,2-5,10H2,1H3,(H,23,27)/b9-7+. The van der Waals surface area contributed by atoms with Crippen molar-refractivity contribution in [1.82, 2.24) is 19.7 Å². The molecule has 0 bridgehead atoms. The Hall–Kier alpha value is -2.87. The molecule has 1 N–H and O–H groups in total. The summed E-state index contributed by atoms with van der Waals surface area (Å²) >= 11 is 1.52. The fourth-order valence-electron chi connectivity index (χ4n) is 3.26. The van der Waals surface area contributed by atoms with E-state index >= 15 is 0 Å². The minimum atomic E-state index is -0.383. The van der Waals surface area contributed by atoms with Gasteiger partial charge in [-0.2, -0.15) is 0 Å². The number of thiazole rings is 1. The Kier molecular flexibility index (Phi) is 5.29. The van der Waals surface area contributed by atoms with Gasteiger partial charge in [0.15, 0.2) is 5.82 Å². The second-order valence-corrected chi connectivity index (χ2v) is 7.77. The number of anilines is 1. The number of aryl methyl sites for hydroxylation is 2. The number of halogens is 1. The quantitative estimate of drug-likeness (QED) is 0.669. The Morgan fingerprint density at radius 2 is 2.18 bits per heavy atom. The molecule has 3 heterocycles. The molecular formula is C20H20FN5OS. The Labute approximate surface area is 166 Å². The molecule has 1 amide bonds. The highest BCUT2D eigenvalue weighted by Gasteiger charge is 2.19. The van der Waals surface area contributed by atoms with Crippen molar-refractivity contribution in [2.24, 2.45) is 0 Å². The molecule has 0 radical (unpaired) electrons. The molecule has 0 saturated heterocycles. The lowest BCUT2D eigenvalue weighted by Crippen LogP contribution is -2.09. The molecule has 4 rings (SSSR count). The Bertz CT molecular complexity index is 1040. The van der Waals surface area contributed by atoms with Crippen LogP contribution in [0.2, 0.25) is 0 Å². The highest BCUT2D eigenvalue weighted by molar-refractivity contribution is 7.09. The third-order valence-electron chi connectivity index (χ3n) is 4.63. The molecule has 1 aliphatic rings. The summed E-state index contributed by atoms with van der Waals surface area (Å²) in [7, 11) is 0. The number of hydrogen-bond acceptors (Lipinski definition) is 5. The van der Waals surface area contributed by atoms with Crippen LogP contribution in [0.15, 0.2) is 29.7 Å². The fourth-order valence-corrected chi connectivity index (χ4v) is 3.84. The monoisotopic (exact) mass is 397 g/mol. The van der Waals surface area contributed by atoms with Crippen molar-refractivity contribution in [1.29, 1.82) is 0 Å². The summed E-state index contributed by atoms with van der Waals surface area (Å²) in [6, 6.07) is 4.49. The van der Waals surface area contributed by atoms with E-state index in [1.54, 1.807) is 12.1 Å². The number of fused-ring (bicyclic) bond motifs is 1. The predicted molar refractivity (Wildman–Crippen MR) is 107 cm³/mol. The maximum atomic E-state index is 14.5. The summed E-state index contributed by atoms with van der Waals surface area (Å²) in [5.74, 6) is 0.719. The summed E-state index contributed by atoms with van der Waals surface area (Å²) in [6.45, 7) is 2.69. The van der Waals surface area contributed by atoms with Gasteiger partial charge in [0.1, 0.15) is 11.6 Å². The number of rotatable bonds is 4. The van der Waals surface area contributed by atoms with E-state index in [0.29, 0.717) is 17.1 Å². The van der Waals surface area contributed by atoms with Gasteiger partial charge in [-0.05, 0) is 44.0 Å². The number of amides is 1. The lowest BCUT2D eigenvalue weighted by Gasteiger charge is -2.10. The van der Waals surface area contributed by atoms with Gasteiger partial charge in [0.05, 0.1) is 16.3 Å². The van der Waals surface area contributed by atoms with Crippen molar-refractivity contribution in [3.63, 3.8) is 0 Å². The molecule has 6 nitrogen and oxygen atoms in total. The topological polar surface area (TPSA) is 72.7 Å². The highest BCUT2D eigenvalue weighted by atomic mass is 32.1. The molecule has 0 saturated carbocycles. The van der Waals surface area contributed by atoms with Crippen molar-refractivity contribution in [2.45, 2.75) is 39.2 Å². The summed E-state index contributed by atoms with van der Waals surface area (Å²) in [6.07, 6.45) is 7.15. The van der Waals surface area contributed by atoms with Crippen LogP contribution in [0.25, 0.3) is 17.5 Å². The van der Waals surface area contributed by atoms with E-state index < -0.39 is 0 Å². The van der Waals surface area contributed by atoms with Gasteiger partial charge in [-0.25, -0.2) is 9.37 Å². The van der Waals surface area contributed by atoms with E-state index in [1.165, 1.54) is 29.5 Å². The SMILES string of the molecule is Cc1nc(/C=C/C(=O)Nc2ccc(F)c(-c3nnc4n3CCCCC4)c2)cs1. The molecule has 0 unspecified atom stereocenters. The Morgan fingerprint density at radius 3 is 3.00 bits per heavy atom. The van der Waals surface area contributed by atoms with Crippen LogP contribution < -0.4 is 5.32 Å². The molecular weight excluding hydrogens is 377 g/mol. The molecule has 3 aromatic rings. The Balaban J connectivity index is 1.55. The number of carbonyl (C=O) groups is 1. The number of nitrogens with one attached hydrogen (secondary N) is 1. The fraction of sp³-hybridized carbons (Fsp3) is 0.300. The van der Waals surface area contributed by atoms with Gasteiger partial charge in [0.25, 0.3) is 0 Å². The normalized spacial score (nSPS) is 14.1. The van der Waals surface area contributed by atoms with Crippen LogP contribution in [0, 0.1) is 12.7 Å². The number of hydrogen-bond donors (Lipinski definition) is 1. The molecule has 0 spiro atoms. The van der Waals surface area contributed by atoms with E-state index in [-0.39, 0.29) is 11.7 Å². The molecule has 0 atom stereocenters. The number of carbonyl (C=O) groups excluding carboxylic acids is 1. The first-order valence-electron chi connectivity index (χ1n) is 9.23. The van der Waals surface area contributed by atoms with Crippen molar-refractivity contribution in [2.75, 3.05) is 5.32 Å². The highest BCUT2D eigenvalue weighted by Crippen LogP contribution is 2.27. The average Bonchev–Trinajstić information content (AvgIpc) is 3.20. The first kappa shape index (κ1) is 18.5. The van der Waals surface area contributed by atoms with Crippen molar-refractivity contribution in [3.05, 3.63) is 52.0 Å². The van der Waals surface area contributed by atoms with Crippen LogP contribution in [-0.2, 0) is 17.8 Å². The van der Waals surface area contributed by atoms with E-state index in [9.17, 15) is 9.18 Å². The first-order chi connectivity index (χ1) is 13.6. The van der Waals surface area contributed by atoms with Crippen LogP contribution >= 0.6 is 11.3 Å². The van der Waals surface area contributed by atoms with Crippen LogP contribution in [0.5, 0.6) is 0 Å². The third-order valence-corrected chi connectivity index (χ3v) is 5.42. The predicted octanol–water partition coefficient (Wildman–Crippen LogP) is 4.23. The zero-order valence-electron chi connectivity index (χ0n) is 15.5. The van der Waals surface area contributed by atoms with Crippen LogP contribution in [0.4, 0.5) is 10.1 Å². The first-order valence-corrected chi connectivity index (χ1v) is 10.1. The molecule has 1 aromatic carbocycles. The maximum absolute atomic E-state index is 14.5. The second-order valence-electron chi connectivity index (χ2n) is 6.71. The minimum Gasteiger partial charge on any atom is -0.322 e. The number of nitrogens with zero attached hydrogens (tertiary/aromatic N) is 4. The third kappa shape index (κ3) is 4.01. The molecule has 8 heteroatoms. The zero-order chi connectivity index (χ0) is 19.5. The smallest absolute Gasteiger partial charge is 0.248 e. The molecule has 28 heavy (non-hydrogen) atoms. The summed E-state index contributed by atoms with van der Waals surface area (Å²) < 4.78 is 16.5. The van der Waals surface area contributed by atoms with Crippen molar-refractivity contribution < 1.29 is 9.18 Å². The van der Waals surface area contributed by atoms with Crippen molar-refractivity contribution in [3.8, 4) is 11.4 Å². The van der Waals surface area contributed by atoms with Gasteiger partial charge >= 0.3 is 0 Å². The molecule has 0 fully saturated rings. The van der Waals surface area contributed by atoms with Crippen LogP contribution in [-0.4, -0.2) is 25.7 Å². The van der Waals surface area contributed by atoms with Gasteiger partial charge in [-0.15, -0.1) is 21.5 Å². The molecule has 2 aromatic heterocycles. The number of aromatic nitrogens is 4. The molecule has 0 aliphatic carbocycles. The minimum absolute atomic E-state index is 0.303. The number of benzene rings is 1. The lowest BCUT2D eigenvalue weighted by molar-refractivity contribution is -0.111. The van der Waals surface area contributed by atoms with Gasteiger partial charge in [0.2, 0.25) is 5.91 Å². The van der Waals surface area contributed by atoms with E-state index in [4.69, 9.17) is 0 Å². The largest absolute Gasteiger partial charge is 0.322 e. The maximum Gasteiger partial charge on any atom is 0.248 e. The van der Waals surface area contributed by atoms with Gasteiger partial charge in [-0.1, -0.05) is 6.42 Å². The Morgan fingerprint density at radius 1 is 1.29 bits per heavy atom. The van der Waals surface area contributed by atoms with Crippen LogP contribution in [0.3, 0.4) is 0 Å². The van der Waals surface area contributed by atoms with E-state index in [1.807, 2.05) is 16.9 Å². The summed E-state index contributed by atoms with van der Waals surface area (Å²) in [5.41, 5.74) is 1.59. The van der Waals surface area contributed by atoms with Gasteiger partial charge < -0.3 is 9.88 Å². The van der Waals surface area contributed by atoms with E-state index in [0.717, 1.165) is 48.8 Å². The zero-order valence-corrected chi connectivity index (χ0v) is 16.3. The van der Waals surface area contributed by atoms with E-state index in [2.05, 4.69) is 20.5 Å². The van der Waals surface area contributed by atoms with Gasteiger partial charge in [-0.3, -0.25) is 4.79 Å². The van der Waals surface area contributed by atoms with Gasteiger partial charge in [0, 0.05) is 30.1 Å².